The first-order valence-corrected chi connectivity index (χ1v) is 20.3. The van der Waals surface area contributed by atoms with Crippen LogP contribution >= 0.6 is 22.7 Å². The van der Waals surface area contributed by atoms with Crippen molar-refractivity contribution in [2.24, 2.45) is 0 Å². The maximum atomic E-state index is 6.13. The monoisotopic (exact) mass is 765 g/mol. The summed E-state index contributed by atoms with van der Waals surface area (Å²) in [6.07, 6.45) is 0. The molecule has 0 saturated carbocycles. The zero-order valence-corrected chi connectivity index (χ0v) is 31.7. The van der Waals surface area contributed by atoms with Crippen LogP contribution in [-0.2, 0) is 0 Å². The van der Waals surface area contributed by atoms with Gasteiger partial charge in [0.2, 0.25) is 0 Å². The van der Waals surface area contributed by atoms with Crippen molar-refractivity contribution in [3.8, 4) is 56.8 Å². The van der Waals surface area contributed by atoms with Crippen molar-refractivity contribution in [1.29, 1.82) is 0 Å². The van der Waals surface area contributed by atoms with Gasteiger partial charge in [-0.1, -0.05) is 109 Å². The average Bonchev–Trinajstić information content (AvgIpc) is 3.97. The van der Waals surface area contributed by atoms with Gasteiger partial charge in [0.25, 0.3) is 0 Å². The number of hydrogen-bond donors (Lipinski definition) is 0. The van der Waals surface area contributed by atoms with E-state index in [1.54, 1.807) is 22.7 Å². The lowest BCUT2D eigenvalue weighted by atomic mass is 10.1. The van der Waals surface area contributed by atoms with E-state index < -0.39 is 0 Å². The molecule has 0 aliphatic carbocycles. The van der Waals surface area contributed by atoms with Gasteiger partial charge in [0, 0.05) is 68.8 Å². The topological polar surface area (TPSA) is 77.6 Å². The van der Waals surface area contributed by atoms with E-state index >= 15 is 0 Å². The summed E-state index contributed by atoms with van der Waals surface area (Å²) in [5, 5.41) is 5.51. The van der Waals surface area contributed by atoms with E-state index in [2.05, 4.69) is 97.1 Å². The van der Waals surface area contributed by atoms with Crippen LogP contribution in [0.4, 0.5) is 0 Å². The Balaban J connectivity index is 1.03. The fraction of sp³-hybridized carbons (Fsp3) is 0. The predicted octanol–water partition coefficient (Wildman–Crippen LogP) is 13.6. The molecule has 57 heavy (non-hydrogen) atoms. The van der Waals surface area contributed by atoms with Crippen molar-refractivity contribution < 1.29 is 4.42 Å². The van der Waals surface area contributed by atoms with Crippen LogP contribution in [0.25, 0.3) is 119 Å². The first-order valence-electron chi connectivity index (χ1n) is 18.7. The second kappa shape index (κ2) is 12.7. The second-order valence-electron chi connectivity index (χ2n) is 14.0. The second-order valence-corrected chi connectivity index (χ2v) is 16.1. The lowest BCUT2D eigenvalue weighted by Crippen LogP contribution is -2.00. The van der Waals surface area contributed by atoms with E-state index in [1.165, 1.54) is 9.40 Å². The highest BCUT2D eigenvalue weighted by atomic mass is 32.1. The summed E-state index contributed by atoms with van der Waals surface area (Å²) in [4.78, 5) is 25.8. The molecule has 5 aromatic heterocycles. The minimum atomic E-state index is 0.603. The van der Waals surface area contributed by atoms with E-state index in [1.807, 2.05) is 66.7 Å². The number of hydrogen-bond acceptors (Lipinski definition) is 8. The number of fused-ring (bicyclic) bond motifs is 9. The quantitative estimate of drug-likeness (QED) is 0.174. The lowest BCUT2D eigenvalue weighted by Gasteiger charge is -2.09. The summed E-state index contributed by atoms with van der Waals surface area (Å²) in [5.41, 5.74) is 8.46. The average molecular weight is 766 g/mol. The van der Waals surface area contributed by atoms with E-state index in [-0.39, 0.29) is 0 Å². The van der Waals surface area contributed by atoms with Gasteiger partial charge < -0.3 is 4.42 Å². The van der Waals surface area contributed by atoms with Crippen LogP contribution in [-0.4, -0.2) is 24.9 Å². The molecule has 0 bridgehead atoms. The van der Waals surface area contributed by atoms with Crippen LogP contribution in [0, 0.1) is 0 Å². The zero-order chi connectivity index (χ0) is 37.5. The summed E-state index contributed by atoms with van der Waals surface area (Å²) in [6.45, 7) is 0. The summed E-state index contributed by atoms with van der Waals surface area (Å²) < 4.78 is 10.7. The predicted molar refractivity (Wildman–Crippen MR) is 236 cm³/mol. The summed E-state index contributed by atoms with van der Waals surface area (Å²) in [5.74, 6) is 2.55. The van der Waals surface area contributed by atoms with Gasteiger partial charge in [-0.2, -0.15) is 0 Å². The standard InChI is InChI=1S/C49H27N5OS2/c1-3-12-28(13-4-1)42-45-43(34-17-8-10-21-40(34)57-45)51-49(50-42)35-19-11-18-33-37-27-31(23-25-41(37)56-44(33)35)48-53-46(29-14-5-2-6-15-29)52-47(54-48)30-22-24-39-36(26-30)32-16-7-9-20-38(32)55-39/h1-27H. The van der Waals surface area contributed by atoms with Crippen molar-refractivity contribution in [2.75, 3.05) is 0 Å². The Labute approximate surface area is 333 Å². The fourth-order valence-electron chi connectivity index (χ4n) is 7.83. The number of benzene rings is 7. The van der Waals surface area contributed by atoms with Gasteiger partial charge in [-0.15, -0.1) is 22.7 Å². The molecular weight excluding hydrogens is 739 g/mol. The number of furan rings is 1. The molecule has 0 saturated heterocycles. The third kappa shape index (κ3) is 5.26. The molecule has 0 atom stereocenters. The number of rotatable bonds is 5. The Hall–Kier alpha value is -7.13. The molecule has 0 fully saturated rings. The third-order valence-electron chi connectivity index (χ3n) is 10.6. The number of nitrogens with zero attached hydrogens (tertiary/aromatic N) is 5. The summed E-state index contributed by atoms with van der Waals surface area (Å²) >= 11 is 3.51. The Morgan fingerprint density at radius 3 is 1.75 bits per heavy atom. The SMILES string of the molecule is c1ccc(-c2nc(-c3ccc4oc5ccccc5c4c3)nc(-c3ccc4sc5c(-c6nc(-c7ccccc7)c7sc8ccccc8c7n6)cccc5c4c3)n2)cc1. The van der Waals surface area contributed by atoms with Gasteiger partial charge >= 0.3 is 0 Å². The summed E-state index contributed by atoms with van der Waals surface area (Å²) in [6, 6.07) is 56.2. The van der Waals surface area contributed by atoms with E-state index in [0.717, 1.165) is 92.3 Å². The molecule has 266 valence electrons. The summed E-state index contributed by atoms with van der Waals surface area (Å²) in [7, 11) is 0. The Morgan fingerprint density at radius 2 is 0.947 bits per heavy atom. The minimum Gasteiger partial charge on any atom is -0.456 e. The van der Waals surface area contributed by atoms with Crippen LogP contribution in [0.3, 0.4) is 0 Å². The number of thiophene rings is 2. The molecule has 0 aliphatic rings. The molecule has 6 nitrogen and oxygen atoms in total. The van der Waals surface area contributed by atoms with Crippen LogP contribution < -0.4 is 0 Å². The van der Waals surface area contributed by atoms with Gasteiger partial charge in [-0.3, -0.25) is 0 Å². The lowest BCUT2D eigenvalue weighted by molar-refractivity contribution is 0.669. The smallest absolute Gasteiger partial charge is 0.164 e. The highest BCUT2D eigenvalue weighted by Crippen LogP contribution is 2.44. The van der Waals surface area contributed by atoms with Crippen LogP contribution in [0.5, 0.6) is 0 Å². The number of aromatic nitrogens is 5. The Morgan fingerprint density at radius 1 is 0.351 bits per heavy atom. The largest absolute Gasteiger partial charge is 0.456 e. The molecule has 7 aromatic carbocycles. The van der Waals surface area contributed by atoms with Crippen LogP contribution in [0.15, 0.2) is 168 Å². The molecule has 0 radical (unpaired) electrons. The molecule has 5 heterocycles. The fourth-order valence-corrected chi connectivity index (χ4v) is 10.2. The molecule has 0 spiro atoms. The van der Waals surface area contributed by atoms with E-state index in [0.29, 0.717) is 17.5 Å². The molecule has 12 aromatic rings. The minimum absolute atomic E-state index is 0.603. The zero-order valence-electron chi connectivity index (χ0n) is 30.0. The van der Waals surface area contributed by atoms with Crippen LogP contribution in [0.2, 0.25) is 0 Å². The van der Waals surface area contributed by atoms with E-state index in [9.17, 15) is 0 Å². The highest BCUT2D eigenvalue weighted by molar-refractivity contribution is 7.26. The number of para-hydroxylation sites is 1. The normalized spacial score (nSPS) is 11.9. The van der Waals surface area contributed by atoms with Crippen LogP contribution in [0.1, 0.15) is 0 Å². The first kappa shape index (κ1) is 32.1. The van der Waals surface area contributed by atoms with Crippen molar-refractivity contribution >= 4 is 85.1 Å². The van der Waals surface area contributed by atoms with Crippen molar-refractivity contribution in [3.05, 3.63) is 164 Å². The van der Waals surface area contributed by atoms with Crippen molar-refractivity contribution in [3.63, 3.8) is 0 Å². The van der Waals surface area contributed by atoms with E-state index in [4.69, 9.17) is 29.3 Å². The van der Waals surface area contributed by atoms with Gasteiger partial charge in [-0.05, 0) is 54.6 Å². The van der Waals surface area contributed by atoms with Gasteiger partial charge in [-0.25, -0.2) is 24.9 Å². The van der Waals surface area contributed by atoms with Gasteiger partial charge in [0.05, 0.1) is 15.9 Å². The van der Waals surface area contributed by atoms with Gasteiger partial charge in [0.1, 0.15) is 11.2 Å². The molecule has 0 amide bonds. The Kier molecular flexibility index (Phi) is 7.17. The third-order valence-corrected chi connectivity index (χ3v) is 13.0. The maximum Gasteiger partial charge on any atom is 0.164 e. The van der Waals surface area contributed by atoms with Crippen molar-refractivity contribution in [1.82, 2.24) is 24.9 Å². The first-order chi connectivity index (χ1) is 28.2. The van der Waals surface area contributed by atoms with Gasteiger partial charge in [0.15, 0.2) is 23.3 Å². The molecule has 8 heteroatoms. The Bertz CT molecular complexity index is 3540. The molecule has 0 unspecified atom stereocenters. The highest BCUT2D eigenvalue weighted by Gasteiger charge is 2.20. The maximum absolute atomic E-state index is 6.13. The molecular formula is C49H27N5OS2. The van der Waals surface area contributed by atoms with Crippen molar-refractivity contribution in [2.45, 2.75) is 0 Å². The molecule has 0 N–H and O–H groups in total. The molecule has 0 aliphatic heterocycles. The molecule has 12 rings (SSSR count).